The summed E-state index contributed by atoms with van der Waals surface area (Å²) in [4.78, 5) is 0. The first kappa shape index (κ1) is 12.9. The largest absolute Gasteiger partial charge is 0.396 e. The normalized spacial score (nSPS) is 45.2. The molecule has 0 aromatic rings. The Labute approximate surface area is 112 Å². The van der Waals surface area contributed by atoms with Crippen molar-refractivity contribution in [2.75, 3.05) is 13.2 Å². The Morgan fingerprint density at radius 1 is 1.06 bits per heavy atom. The minimum atomic E-state index is 0.306. The monoisotopic (exact) mass is 251 g/mol. The van der Waals surface area contributed by atoms with Crippen LogP contribution in [0.2, 0.25) is 0 Å². The quantitative estimate of drug-likeness (QED) is 0.787. The van der Waals surface area contributed by atoms with Gasteiger partial charge < -0.3 is 10.4 Å². The van der Waals surface area contributed by atoms with E-state index in [1.54, 1.807) is 0 Å². The summed E-state index contributed by atoms with van der Waals surface area (Å²) in [5.74, 6) is 3.50. The van der Waals surface area contributed by atoms with Gasteiger partial charge in [-0.25, -0.2) is 0 Å². The highest BCUT2D eigenvalue weighted by Crippen LogP contribution is 2.61. The molecule has 0 radical (unpaired) electrons. The summed E-state index contributed by atoms with van der Waals surface area (Å²) in [6, 6.07) is 0.639. The molecule has 2 heteroatoms. The summed E-state index contributed by atoms with van der Waals surface area (Å²) in [6.45, 7) is 5.80. The molecule has 0 heterocycles. The molecule has 2 nitrogen and oxygen atoms in total. The summed E-state index contributed by atoms with van der Waals surface area (Å²) < 4.78 is 0. The molecule has 2 unspecified atom stereocenters. The highest BCUT2D eigenvalue weighted by atomic mass is 16.3. The molecule has 0 spiro atoms. The maximum Gasteiger partial charge on any atom is 0.0468 e. The fourth-order valence-corrected chi connectivity index (χ4v) is 5.37. The van der Waals surface area contributed by atoms with Gasteiger partial charge in [0.05, 0.1) is 0 Å². The highest BCUT2D eigenvalue weighted by Gasteiger charge is 2.52. The standard InChI is InChI=1S/C16H29NO/c1-11(10-18)9-17-12(2)16-6-13-3-14(7-16)5-15(4-13)8-16/h11-15,17-18H,3-10H2,1-2H3. The summed E-state index contributed by atoms with van der Waals surface area (Å²) in [7, 11) is 0. The first-order chi connectivity index (χ1) is 8.61. The third-order valence-corrected chi connectivity index (χ3v) is 6.09. The van der Waals surface area contributed by atoms with Crippen LogP contribution in [-0.4, -0.2) is 24.3 Å². The van der Waals surface area contributed by atoms with E-state index in [-0.39, 0.29) is 0 Å². The zero-order valence-corrected chi connectivity index (χ0v) is 12.0. The summed E-state index contributed by atoms with van der Waals surface area (Å²) in [5, 5.41) is 12.9. The maximum absolute atomic E-state index is 9.14. The van der Waals surface area contributed by atoms with Crippen molar-refractivity contribution < 1.29 is 5.11 Å². The van der Waals surface area contributed by atoms with E-state index in [0.29, 0.717) is 24.0 Å². The number of hydrogen-bond donors (Lipinski definition) is 2. The molecule has 104 valence electrons. The number of hydrogen-bond acceptors (Lipinski definition) is 2. The predicted octanol–water partition coefficient (Wildman–Crippen LogP) is 2.81. The first-order valence-corrected chi connectivity index (χ1v) is 7.95. The van der Waals surface area contributed by atoms with Crippen molar-refractivity contribution in [3.63, 3.8) is 0 Å². The van der Waals surface area contributed by atoms with Gasteiger partial charge >= 0.3 is 0 Å². The van der Waals surface area contributed by atoms with E-state index >= 15 is 0 Å². The lowest BCUT2D eigenvalue weighted by atomic mass is 9.48. The van der Waals surface area contributed by atoms with Crippen molar-refractivity contribution in [3.8, 4) is 0 Å². The van der Waals surface area contributed by atoms with E-state index in [2.05, 4.69) is 19.2 Å². The van der Waals surface area contributed by atoms with Crippen molar-refractivity contribution in [3.05, 3.63) is 0 Å². The SMILES string of the molecule is CC(CO)CNC(C)C12CC3CC(CC(C3)C1)C2. The minimum Gasteiger partial charge on any atom is -0.396 e. The van der Waals surface area contributed by atoms with Crippen LogP contribution in [0.25, 0.3) is 0 Å². The Morgan fingerprint density at radius 2 is 1.56 bits per heavy atom. The van der Waals surface area contributed by atoms with Crippen molar-refractivity contribution in [1.29, 1.82) is 0 Å². The van der Waals surface area contributed by atoms with Gasteiger partial charge in [0.1, 0.15) is 0 Å². The molecule has 18 heavy (non-hydrogen) atoms. The van der Waals surface area contributed by atoms with Crippen molar-refractivity contribution in [2.24, 2.45) is 29.1 Å². The van der Waals surface area contributed by atoms with E-state index in [4.69, 9.17) is 5.11 Å². The molecule has 0 saturated heterocycles. The van der Waals surface area contributed by atoms with Gasteiger partial charge in [-0.2, -0.15) is 0 Å². The molecule has 4 bridgehead atoms. The average Bonchev–Trinajstić information content (AvgIpc) is 2.33. The Balaban J connectivity index is 1.63. The van der Waals surface area contributed by atoms with E-state index in [1.807, 2.05) is 0 Å². The summed E-state index contributed by atoms with van der Waals surface area (Å²) >= 11 is 0. The molecular weight excluding hydrogens is 222 g/mol. The molecule has 2 atom stereocenters. The van der Waals surface area contributed by atoms with Crippen molar-refractivity contribution in [2.45, 2.75) is 58.4 Å². The lowest BCUT2D eigenvalue weighted by Gasteiger charge is -2.59. The van der Waals surface area contributed by atoms with Crippen molar-refractivity contribution in [1.82, 2.24) is 5.32 Å². The fraction of sp³-hybridized carbons (Fsp3) is 1.00. The van der Waals surface area contributed by atoms with Crippen LogP contribution in [0.5, 0.6) is 0 Å². The van der Waals surface area contributed by atoms with E-state index < -0.39 is 0 Å². The summed E-state index contributed by atoms with van der Waals surface area (Å²) in [5.41, 5.74) is 0.601. The molecule has 4 rings (SSSR count). The van der Waals surface area contributed by atoms with Gasteiger partial charge in [0.25, 0.3) is 0 Å². The van der Waals surface area contributed by atoms with Gasteiger partial charge in [0.2, 0.25) is 0 Å². The first-order valence-electron chi connectivity index (χ1n) is 7.95. The molecule has 4 saturated carbocycles. The van der Waals surface area contributed by atoms with Crippen LogP contribution in [-0.2, 0) is 0 Å². The molecule has 4 aliphatic carbocycles. The van der Waals surface area contributed by atoms with Crippen LogP contribution in [0.1, 0.15) is 52.4 Å². The maximum atomic E-state index is 9.14. The molecule has 2 N–H and O–H groups in total. The predicted molar refractivity (Wildman–Crippen MR) is 74.3 cm³/mol. The lowest BCUT2D eigenvalue weighted by Crippen LogP contribution is -2.55. The van der Waals surface area contributed by atoms with Crippen LogP contribution in [0.3, 0.4) is 0 Å². The highest BCUT2D eigenvalue weighted by molar-refractivity contribution is 5.05. The van der Waals surface area contributed by atoms with Gasteiger partial charge in [-0.3, -0.25) is 0 Å². The van der Waals surface area contributed by atoms with E-state index in [1.165, 1.54) is 38.5 Å². The summed E-state index contributed by atoms with van der Waals surface area (Å²) in [6.07, 6.45) is 9.00. The van der Waals surface area contributed by atoms with E-state index in [0.717, 1.165) is 24.3 Å². The number of aliphatic hydroxyl groups is 1. The third kappa shape index (κ3) is 2.22. The topological polar surface area (TPSA) is 32.3 Å². The number of nitrogens with one attached hydrogen (secondary N) is 1. The third-order valence-electron chi connectivity index (χ3n) is 6.09. The molecule has 0 aromatic carbocycles. The smallest absolute Gasteiger partial charge is 0.0468 e. The average molecular weight is 251 g/mol. The Hall–Kier alpha value is -0.0800. The fourth-order valence-electron chi connectivity index (χ4n) is 5.37. The van der Waals surface area contributed by atoms with Gasteiger partial charge in [-0.1, -0.05) is 6.92 Å². The molecule has 0 amide bonds. The van der Waals surface area contributed by atoms with Gasteiger partial charge in [-0.15, -0.1) is 0 Å². The second-order valence-electron chi connectivity index (χ2n) is 7.70. The zero-order valence-electron chi connectivity index (χ0n) is 12.0. The van der Waals surface area contributed by atoms with E-state index in [9.17, 15) is 0 Å². The molecule has 0 aliphatic heterocycles. The zero-order chi connectivity index (χ0) is 12.8. The Bertz CT molecular complexity index is 266. The second kappa shape index (κ2) is 4.79. The van der Waals surface area contributed by atoms with Crippen LogP contribution in [0.4, 0.5) is 0 Å². The number of rotatable bonds is 5. The van der Waals surface area contributed by atoms with Crippen LogP contribution < -0.4 is 5.32 Å². The molecule has 4 aliphatic rings. The van der Waals surface area contributed by atoms with Gasteiger partial charge in [0.15, 0.2) is 0 Å². The van der Waals surface area contributed by atoms with Crippen LogP contribution in [0.15, 0.2) is 0 Å². The minimum absolute atomic E-state index is 0.306. The Kier molecular flexibility index (Phi) is 3.44. The molecule has 4 fully saturated rings. The second-order valence-corrected chi connectivity index (χ2v) is 7.70. The van der Waals surface area contributed by atoms with Crippen molar-refractivity contribution >= 4 is 0 Å². The lowest BCUT2D eigenvalue weighted by molar-refractivity contribution is -0.0709. The van der Waals surface area contributed by atoms with Gasteiger partial charge in [0, 0.05) is 19.2 Å². The Morgan fingerprint density at radius 3 is 2.00 bits per heavy atom. The van der Waals surface area contributed by atoms with Crippen LogP contribution in [0, 0.1) is 29.1 Å². The van der Waals surface area contributed by atoms with Crippen LogP contribution >= 0.6 is 0 Å². The number of aliphatic hydroxyl groups excluding tert-OH is 1. The molecule has 0 aromatic heterocycles. The van der Waals surface area contributed by atoms with Gasteiger partial charge in [-0.05, 0) is 74.5 Å². The molecular formula is C16H29NO.